The Morgan fingerprint density at radius 1 is 1.25 bits per heavy atom. The summed E-state index contributed by atoms with van der Waals surface area (Å²) in [6.07, 6.45) is 0. The summed E-state index contributed by atoms with van der Waals surface area (Å²) in [6, 6.07) is 0.428. The minimum Gasteiger partial charge on any atom is -0.391 e. The van der Waals surface area contributed by atoms with Crippen molar-refractivity contribution in [3.05, 3.63) is 34.1 Å². The molecule has 0 amide bonds. The number of rotatable bonds is 1. The van der Waals surface area contributed by atoms with E-state index < -0.39 is 34.6 Å². The SMILES string of the molecule is OCc1c(F)cc(F)c(Cl)c1F. The fourth-order valence-corrected chi connectivity index (χ4v) is 0.917. The molecule has 0 fully saturated rings. The van der Waals surface area contributed by atoms with Crippen LogP contribution in [0.4, 0.5) is 13.2 Å². The highest BCUT2D eigenvalue weighted by Crippen LogP contribution is 2.24. The third kappa shape index (κ3) is 1.40. The molecule has 66 valence electrons. The standard InChI is InChI=1S/C7H4ClF3O/c8-6-5(10)1-4(9)3(2-12)7(6)11/h1,12H,2H2. The van der Waals surface area contributed by atoms with Crippen LogP contribution in [-0.4, -0.2) is 5.11 Å². The third-order valence-electron chi connectivity index (χ3n) is 1.37. The molecule has 0 saturated carbocycles. The molecule has 1 rings (SSSR count). The van der Waals surface area contributed by atoms with Crippen LogP contribution in [0.15, 0.2) is 6.07 Å². The van der Waals surface area contributed by atoms with Gasteiger partial charge >= 0.3 is 0 Å². The Bertz CT molecular complexity index is 314. The van der Waals surface area contributed by atoms with E-state index in [1.165, 1.54) is 0 Å². The van der Waals surface area contributed by atoms with Crippen LogP contribution in [0.5, 0.6) is 0 Å². The van der Waals surface area contributed by atoms with Crippen molar-refractivity contribution in [2.24, 2.45) is 0 Å². The average molecular weight is 197 g/mol. The third-order valence-corrected chi connectivity index (χ3v) is 1.71. The van der Waals surface area contributed by atoms with Gasteiger partial charge in [0.05, 0.1) is 12.2 Å². The summed E-state index contributed by atoms with van der Waals surface area (Å²) in [5.41, 5.74) is -0.624. The van der Waals surface area contributed by atoms with Gasteiger partial charge in [-0.05, 0) is 0 Å². The van der Waals surface area contributed by atoms with Crippen molar-refractivity contribution in [1.82, 2.24) is 0 Å². The highest BCUT2D eigenvalue weighted by molar-refractivity contribution is 6.30. The minimum atomic E-state index is -1.25. The van der Waals surface area contributed by atoms with Crippen molar-refractivity contribution < 1.29 is 18.3 Å². The van der Waals surface area contributed by atoms with Gasteiger partial charge in [-0.15, -0.1) is 0 Å². The Labute approximate surface area is 71.4 Å². The Balaban J connectivity index is 3.40. The van der Waals surface area contributed by atoms with Crippen LogP contribution in [-0.2, 0) is 6.61 Å². The number of hydrogen-bond donors (Lipinski definition) is 1. The lowest BCUT2D eigenvalue weighted by Crippen LogP contribution is -1.98. The first-order chi connectivity index (χ1) is 5.57. The Hall–Kier alpha value is -0.740. The van der Waals surface area contributed by atoms with Crippen LogP contribution in [0.3, 0.4) is 0 Å². The van der Waals surface area contributed by atoms with E-state index in [9.17, 15) is 13.2 Å². The van der Waals surface area contributed by atoms with Gasteiger partial charge in [0.25, 0.3) is 0 Å². The molecule has 0 aliphatic heterocycles. The van der Waals surface area contributed by atoms with Crippen LogP contribution >= 0.6 is 11.6 Å². The van der Waals surface area contributed by atoms with E-state index in [1.54, 1.807) is 0 Å². The summed E-state index contributed by atoms with van der Waals surface area (Å²) in [7, 11) is 0. The molecule has 1 aromatic carbocycles. The quantitative estimate of drug-likeness (QED) is 0.540. The van der Waals surface area contributed by atoms with E-state index in [0.717, 1.165) is 0 Å². The van der Waals surface area contributed by atoms with Gasteiger partial charge in [-0.25, -0.2) is 13.2 Å². The van der Waals surface area contributed by atoms with Crippen molar-refractivity contribution in [2.75, 3.05) is 0 Å². The molecule has 1 N–H and O–H groups in total. The van der Waals surface area contributed by atoms with E-state index in [2.05, 4.69) is 0 Å². The summed E-state index contributed by atoms with van der Waals surface area (Å²) in [5, 5.41) is 7.65. The van der Waals surface area contributed by atoms with Gasteiger partial charge in [-0.2, -0.15) is 0 Å². The highest BCUT2D eigenvalue weighted by atomic mass is 35.5. The van der Waals surface area contributed by atoms with Crippen molar-refractivity contribution in [3.8, 4) is 0 Å². The zero-order valence-corrected chi connectivity index (χ0v) is 6.50. The largest absolute Gasteiger partial charge is 0.391 e. The maximum atomic E-state index is 12.8. The second kappa shape index (κ2) is 3.33. The van der Waals surface area contributed by atoms with E-state index in [0.29, 0.717) is 6.07 Å². The monoisotopic (exact) mass is 196 g/mol. The van der Waals surface area contributed by atoms with E-state index in [1.807, 2.05) is 0 Å². The van der Waals surface area contributed by atoms with Crippen molar-refractivity contribution in [2.45, 2.75) is 6.61 Å². The first kappa shape index (κ1) is 9.35. The number of benzene rings is 1. The summed E-state index contributed by atoms with van der Waals surface area (Å²) in [5.74, 6) is -3.57. The lowest BCUT2D eigenvalue weighted by atomic mass is 10.2. The minimum absolute atomic E-state index is 0.428. The van der Waals surface area contributed by atoms with Crippen LogP contribution in [0.1, 0.15) is 5.56 Å². The van der Waals surface area contributed by atoms with Crippen LogP contribution in [0.2, 0.25) is 5.02 Å². The molecule has 1 nitrogen and oxygen atoms in total. The summed E-state index contributed by atoms with van der Waals surface area (Å²) in [4.78, 5) is 0. The topological polar surface area (TPSA) is 20.2 Å². The lowest BCUT2D eigenvalue weighted by Gasteiger charge is -2.03. The molecule has 0 aliphatic rings. The molecule has 0 bridgehead atoms. The molecule has 0 saturated heterocycles. The predicted octanol–water partition coefficient (Wildman–Crippen LogP) is 2.25. The zero-order chi connectivity index (χ0) is 9.30. The molecule has 0 heterocycles. The van der Waals surface area contributed by atoms with Gasteiger partial charge < -0.3 is 5.11 Å². The fraction of sp³-hybridized carbons (Fsp3) is 0.143. The smallest absolute Gasteiger partial charge is 0.153 e. The van der Waals surface area contributed by atoms with Gasteiger partial charge in [0.1, 0.15) is 16.7 Å². The van der Waals surface area contributed by atoms with Gasteiger partial charge in [0.2, 0.25) is 0 Å². The number of halogens is 4. The molecule has 0 unspecified atom stereocenters. The molecule has 1 aromatic rings. The van der Waals surface area contributed by atoms with Gasteiger partial charge in [0.15, 0.2) is 5.82 Å². The lowest BCUT2D eigenvalue weighted by molar-refractivity contribution is 0.268. The average Bonchev–Trinajstić information content (AvgIpc) is 2.01. The van der Waals surface area contributed by atoms with E-state index in [4.69, 9.17) is 16.7 Å². The normalized spacial score (nSPS) is 10.4. The molecule has 12 heavy (non-hydrogen) atoms. The Morgan fingerprint density at radius 3 is 2.33 bits per heavy atom. The molecular weight excluding hydrogens is 193 g/mol. The van der Waals surface area contributed by atoms with Crippen molar-refractivity contribution >= 4 is 11.6 Å². The first-order valence-electron chi connectivity index (χ1n) is 3.00. The van der Waals surface area contributed by atoms with E-state index in [-0.39, 0.29) is 0 Å². The zero-order valence-electron chi connectivity index (χ0n) is 5.74. The van der Waals surface area contributed by atoms with Gasteiger partial charge in [-0.3, -0.25) is 0 Å². The molecule has 0 aromatic heterocycles. The van der Waals surface area contributed by atoms with Crippen molar-refractivity contribution in [1.29, 1.82) is 0 Å². The van der Waals surface area contributed by atoms with Gasteiger partial charge in [-0.1, -0.05) is 11.6 Å². The molecule has 0 spiro atoms. The Kier molecular flexibility index (Phi) is 2.59. The maximum Gasteiger partial charge on any atom is 0.153 e. The van der Waals surface area contributed by atoms with Gasteiger partial charge in [0, 0.05) is 6.07 Å². The maximum absolute atomic E-state index is 12.8. The van der Waals surface area contributed by atoms with Crippen LogP contribution < -0.4 is 0 Å². The second-order valence-electron chi connectivity index (χ2n) is 2.10. The Morgan fingerprint density at radius 2 is 1.83 bits per heavy atom. The summed E-state index contributed by atoms with van der Waals surface area (Å²) >= 11 is 5.11. The summed E-state index contributed by atoms with van der Waals surface area (Å²) < 4.78 is 37.8. The van der Waals surface area contributed by atoms with Crippen LogP contribution in [0, 0.1) is 17.5 Å². The van der Waals surface area contributed by atoms with E-state index >= 15 is 0 Å². The molecule has 5 heteroatoms. The molecule has 0 atom stereocenters. The highest BCUT2D eigenvalue weighted by Gasteiger charge is 2.16. The predicted molar refractivity (Wildman–Crippen MR) is 37.2 cm³/mol. The van der Waals surface area contributed by atoms with Crippen molar-refractivity contribution in [3.63, 3.8) is 0 Å². The molecule has 0 aliphatic carbocycles. The first-order valence-corrected chi connectivity index (χ1v) is 3.38. The summed E-state index contributed by atoms with van der Waals surface area (Å²) in [6.45, 7) is -0.850. The molecular formula is C7H4ClF3O. The molecule has 0 radical (unpaired) electrons. The van der Waals surface area contributed by atoms with Crippen LogP contribution in [0.25, 0.3) is 0 Å². The number of hydrogen-bond acceptors (Lipinski definition) is 1. The second-order valence-corrected chi connectivity index (χ2v) is 2.48. The number of aliphatic hydroxyl groups is 1. The fourth-order valence-electron chi connectivity index (χ4n) is 0.749. The number of aliphatic hydroxyl groups excluding tert-OH is 1.